The van der Waals surface area contributed by atoms with E-state index in [1.165, 1.54) is 25.3 Å². The SMILES string of the molecule is CSc1cc(C(O)(c2cc(SC)sc2SC)c2cc(SC)sc2SC)c(SC)s1. The second kappa shape index (κ2) is 10.9. The van der Waals surface area contributed by atoms with Crippen molar-refractivity contribution in [2.24, 2.45) is 0 Å². The van der Waals surface area contributed by atoms with Crippen LogP contribution in [0.5, 0.6) is 0 Å². The van der Waals surface area contributed by atoms with Crippen molar-refractivity contribution in [3.8, 4) is 0 Å². The van der Waals surface area contributed by atoms with Crippen molar-refractivity contribution in [1.82, 2.24) is 0 Å². The molecule has 0 saturated carbocycles. The van der Waals surface area contributed by atoms with E-state index in [-0.39, 0.29) is 0 Å². The Hall–Kier alpha value is 1.16. The summed E-state index contributed by atoms with van der Waals surface area (Å²) in [5.41, 5.74) is 1.89. The van der Waals surface area contributed by atoms with Crippen molar-refractivity contribution in [2.45, 2.75) is 30.9 Å². The van der Waals surface area contributed by atoms with Crippen LogP contribution < -0.4 is 0 Å². The van der Waals surface area contributed by atoms with Crippen LogP contribution in [0.3, 0.4) is 0 Å². The first-order valence-corrected chi connectivity index (χ1v) is 18.2. The van der Waals surface area contributed by atoms with Crippen LogP contribution in [0.4, 0.5) is 0 Å². The van der Waals surface area contributed by atoms with E-state index in [1.54, 1.807) is 105 Å². The molecule has 3 aromatic rings. The Bertz CT molecular complexity index is 846. The highest BCUT2D eigenvalue weighted by atomic mass is 32.2. The second-order valence-corrected chi connectivity index (χ2v) is 15.4. The lowest BCUT2D eigenvalue weighted by Gasteiger charge is -2.30. The predicted molar refractivity (Wildman–Crippen MR) is 146 cm³/mol. The summed E-state index contributed by atoms with van der Waals surface area (Å²) in [6, 6.07) is 6.59. The fourth-order valence-corrected chi connectivity index (χ4v) is 11.1. The lowest BCUT2D eigenvalue weighted by atomic mass is 9.84. The third-order valence-corrected chi connectivity index (χ3v) is 14.4. The fourth-order valence-electron chi connectivity index (χ4n) is 3.01. The Morgan fingerprint density at radius 2 is 0.828 bits per heavy atom. The summed E-state index contributed by atoms with van der Waals surface area (Å²) in [5.74, 6) is 0. The highest BCUT2D eigenvalue weighted by Crippen LogP contribution is 2.54. The third kappa shape index (κ3) is 4.77. The van der Waals surface area contributed by atoms with Crippen LogP contribution in [0.1, 0.15) is 16.7 Å². The van der Waals surface area contributed by atoms with Crippen LogP contribution in [-0.4, -0.2) is 42.6 Å². The molecule has 10 heteroatoms. The van der Waals surface area contributed by atoms with Crippen LogP contribution in [0.15, 0.2) is 43.5 Å². The summed E-state index contributed by atoms with van der Waals surface area (Å²) >= 11 is 15.7. The van der Waals surface area contributed by atoms with E-state index in [4.69, 9.17) is 0 Å². The predicted octanol–water partition coefficient (Wildman–Crippen LogP) is 8.49. The van der Waals surface area contributed by atoms with E-state index < -0.39 is 5.60 Å². The number of hydrogen-bond acceptors (Lipinski definition) is 10. The molecule has 0 aliphatic rings. The first kappa shape index (κ1) is 24.8. The van der Waals surface area contributed by atoms with E-state index in [2.05, 4.69) is 55.7 Å². The molecular formula is C19H22OS9. The minimum Gasteiger partial charge on any atom is -0.376 e. The number of thiophene rings is 3. The summed E-state index contributed by atoms with van der Waals surface area (Å²) in [6.07, 6.45) is 12.6. The van der Waals surface area contributed by atoms with Gasteiger partial charge in [0, 0.05) is 16.7 Å². The molecule has 3 rings (SSSR count). The van der Waals surface area contributed by atoms with Gasteiger partial charge in [0.2, 0.25) is 0 Å². The van der Waals surface area contributed by atoms with E-state index in [0.29, 0.717) is 0 Å². The molecule has 0 atom stereocenters. The van der Waals surface area contributed by atoms with Crippen LogP contribution in [0.2, 0.25) is 0 Å². The minimum absolute atomic E-state index is 1.01. The maximum absolute atomic E-state index is 12.6. The van der Waals surface area contributed by atoms with Crippen molar-refractivity contribution in [3.63, 3.8) is 0 Å². The Morgan fingerprint density at radius 3 is 1.03 bits per heavy atom. The van der Waals surface area contributed by atoms with Crippen molar-refractivity contribution < 1.29 is 5.11 Å². The first-order chi connectivity index (χ1) is 14.0. The topological polar surface area (TPSA) is 20.2 Å². The van der Waals surface area contributed by atoms with Crippen molar-refractivity contribution in [1.29, 1.82) is 0 Å². The van der Waals surface area contributed by atoms with Gasteiger partial charge in [-0.15, -0.1) is 105 Å². The molecule has 0 spiro atoms. The van der Waals surface area contributed by atoms with Crippen LogP contribution >= 0.6 is 105 Å². The van der Waals surface area contributed by atoms with Gasteiger partial charge >= 0.3 is 0 Å². The Kier molecular flexibility index (Phi) is 9.28. The monoisotopic (exact) mass is 554 g/mol. The van der Waals surface area contributed by atoms with Gasteiger partial charge in [-0.05, 0) is 55.7 Å². The van der Waals surface area contributed by atoms with Crippen LogP contribution in [-0.2, 0) is 5.60 Å². The van der Waals surface area contributed by atoms with E-state index in [9.17, 15) is 5.11 Å². The third-order valence-electron chi connectivity index (χ3n) is 4.36. The Labute approximate surface area is 211 Å². The molecule has 0 aromatic carbocycles. The van der Waals surface area contributed by atoms with Gasteiger partial charge in [-0.1, -0.05) is 0 Å². The molecule has 158 valence electrons. The quantitative estimate of drug-likeness (QED) is 0.264. The lowest BCUT2D eigenvalue weighted by molar-refractivity contribution is 0.119. The molecule has 29 heavy (non-hydrogen) atoms. The van der Waals surface area contributed by atoms with Crippen molar-refractivity contribution in [2.75, 3.05) is 37.5 Å². The van der Waals surface area contributed by atoms with Gasteiger partial charge in [0.15, 0.2) is 0 Å². The Morgan fingerprint density at radius 1 is 0.552 bits per heavy atom. The summed E-state index contributed by atoms with van der Waals surface area (Å²) in [4.78, 5) is 0. The average molecular weight is 555 g/mol. The van der Waals surface area contributed by atoms with E-state index in [0.717, 1.165) is 16.7 Å². The average Bonchev–Trinajstić information content (AvgIpc) is 3.48. The fraction of sp³-hybridized carbons (Fsp3) is 0.368. The zero-order valence-electron chi connectivity index (χ0n) is 16.9. The van der Waals surface area contributed by atoms with Gasteiger partial charge < -0.3 is 5.11 Å². The lowest BCUT2D eigenvalue weighted by Crippen LogP contribution is -2.29. The van der Waals surface area contributed by atoms with Crippen LogP contribution in [0.25, 0.3) is 0 Å². The highest BCUT2D eigenvalue weighted by molar-refractivity contribution is 8.03. The highest BCUT2D eigenvalue weighted by Gasteiger charge is 2.42. The molecule has 1 N–H and O–H groups in total. The maximum atomic E-state index is 12.6. The summed E-state index contributed by atoms with van der Waals surface area (Å²) in [7, 11) is 0. The summed E-state index contributed by atoms with van der Waals surface area (Å²) in [6.45, 7) is 0. The molecule has 0 unspecified atom stereocenters. The van der Waals surface area contributed by atoms with Gasteiger partial charge in [0.05, 0.1) is 25.3 Å². The largest absolute Gasteiger partial charge is 0.376 e. The number of hydrogen-bond donors (Lipinski definition) is 1. The first-order valence-electron chi connectivity index (χ1n) is 8.35. The maximum Gasteiger partial charge on any atom is 0.146 e. The van der Waals surface area contributed by atoms with Crippen molar-refractivity contribution >= 4 is 105 Å². The van der Waals surface area contributed by atoms with Gasteiger partial charge in [-0.25, -0.2) is 0 Å². The normalized spacial score (nSPS) is 12.1. The van der Waals surface area contributed by atoms with Gasteiger partial charge in [-0.3, -0.25) is 0 Å². The summed E-state index contributed by atoms with van der Waals surface area (Å²) in [5, 5.41) is 12.6. The molecule has 0 aliphatic heterocycles. The Balaban J connectivity index is 2.38. The zero-order valence-corrected chi connectivity index (χ0v) is 24.2. The minimum atomic E-state index is -1.16. The molecule has 0 fully saturated rings. The zero-order chi connectivity index (χ0) is 21.2. The molecule has 0 bridgehead atoms. The second-order valence-electron chi connectivity index (χ2n) is 5.73. The van der Waals surface area contributed by atoms with E-state index >= 15 is 0 Å². The smallest absolute Gasteiger partial charge is 0.146 e. The molecule has 0 amide bonds. The number of aliphatic hydroxyl groups is 1. The number of thioether (sulfide) groups is 6. The standard InChI is InChI=1S/C19H22OS9/c1-21-13-7-10(16(24-4)27-13)19(20,11-8-14(22-2)28-17(11)25-5)12-9-15(23-3)29-18(12)26-6/h7-9,20H,1-6H3. The van der Waals surface area contributed by atoms with Crippen LogP contribution in [0, 0.1) is 0 Å². The molecule has 1 nitrogen and oxygen atoms in total. The number of rotatable bonds is 9. The molecule has 0 saturated heterocycles. The van der Waals surface area contributed by atoms with Gasteiger partial charge in [0.1, 0.15) is 5.60 Å². The van der Waals surface area contributed by atoms with Crippen molar-refractivity contribution in [3.05, 3.63) is 34.9 Å². The summed E-state index contributed by atoms with van der Waals surface area (Å²) < 4.78 is 7.26. The van der Waals surface area contributed by atoms with Gasteiger partial charge in [-0.2, -0.15) is 0 Å². The molecule has 0 aliphatic carbocycles. The molecule has 3 aromatic heterocycles. The molecule has 0 radical (unpaired) electrons. The van der Waals surface area contributed by atoms with E-state index in [1.807, 2.05) is 0 Å². The van der Waals surface area contributed by atoms with Gasteiger partial charge in [0.25, 0.3) is 0 Å². The molecular weight excluding hydrogens is 533 g/mol. The molecule has 3 heterocycles.